The zero-order chi connectivity index (χ0) is 11.3. The molecule has 16 heavy (non-hydrogen) atoms. The van der Waals surface area contributed by atoms with Crippen LogP contribution in [0.5, 0.6) is 0 Å². The van der Waals surface area contributed by atoms with E-state index < -0.39 is 0 Å². The molecule has 1 aliphatic heterocycles. The van der Waals surface area contributed by atoms with Crippen molar-refractivity contribution in [2.45, 2.75) is 25.7 Å². The van der Waals surface area contributed by atoms with E-state index in [0.717, 1.165) is 26.1 Å². The van der Waals surface area contributed by atoms with Gasteiger partial charge in [0.15, 0.2) is 0 Å². The van der Waals surface area contributed by atoms with Crippen molar-refractivity contribution in [3.63, 3.8) is 0 Å². The zero-order valence-corrected chi connectivity index (χ0v) is 9.91. The third-order valence-corrected chi connectivity index (χ3v) is 3.76. The lowest BCUT2D eigenvalue weighted by Gasteiger charge is -2.37. The lowest BCUT2D eigenvalue weighted by Crippen LogP contribution is -2.39. The maximum Gasteiger partial charge on any atom is -0.00435 e. The average molecular weight is 218 g/mol. The van der Waals surface area contributed by atoms with Gasteiger partial charge in [-0.2, -0.15) is 0 Å². The number of rotatable bonds is 4. The van der Waals surface area contributed by atoms with E-state index in [4.69, 9.17) is 5.73 Å². The van der Waals surface area contributed by atoms with E-state index in [2.05, 4.69) is 35.6 Å². The Bertz CT molecular complexity index is 296. The van der Waals surface area contributed by atoms with Gasteiger partial charge in [-0.25, -0.2) is 0 Å². The number of hydrogen-bond acceptors (Lipinski definition) is 2. The highest BCUT2D eigenvalue weighted by Crippen LogP contribution is 2.35. The van der Waals surface area contributed by atoms with Gasteiger partial charge in [0.1, 0.15) is 0 Å². The van der Waals surface area contributed by atoms with Crippen LogP contribution in [0.4, 0.5) is 0 Å². The lowest BCUT2D eigenvalue weighted by molar-refractivity contribution is 0.187. The van der Waals surface area contributed by atoms with E-state index in [1.54, 1.807) is 0 Å². The molecule has 0 saturated carbocycles. The highest BCUT2D eigenvalue weighted by molar-refractivity contribution is 5.17. The van der Waals surface area contributed by atoms with Crippen molar-refractivity contribution in [1.82, 2.24) is 5.32 Å². The summed E-state index contributed by atoms with van der Waals surface area (Å²) >= 11 is 0. The monoisotopic (exact) mass is 218 g/mol. The standard InChI is InChI=1S/C14H22N2/c15-9-6-14(7-10-16-11-8-14)12-13-4-2-1-3-5-13/h1-5,16H,6-12,15H2. The first-order valence-corrected chi connectivity index (χ1v) is 6.29. The SMILES string of the molecule is NCCC1(Cc2ccccc2)CCNCC1. The highest BCUT2D eigenvalue weighted by atomic mass is 14.9. The molecule has 0 bridgehead atoms. The lowest BCUT2D eigenvalue weighted by atomic mass is 9.72. The molecule has 1 aromatic carbocycles. The van der Waals surface area contributed by atoms with E-state index in [9.17, 15) is 0 Å². The van der Waals surface area contributed by atoms with Crippen LogP contribution in [0.3, 0.4) is 0 Å². The molecule has 0 amide bonds. The Morgan fingerprint density at radius 3 is 2.44 bits per heavy atom. The fourth-order valence-corrected chi connectivity index (χ4v) is 2.81. The van der Waals surface area contributed by atoms with E-state index in [0.29, 0.717) is 5.41 Å². The van der Waals surface area contributed by atoms with Crippen molar-refractivity contribution >= 4 is 0 Å². The van der Waals surface area contributed by atoms with Crippen molar-refractivity contribution in [2.75, 3.05) is 19.6 Å². The number of benzene rings is 1. The summed E-state index contributed by atoms with van der Waals surface area (Å²) in [4.78, 5) is 0. The van der Waals surface area contributed by atoms with Gasteiger partial charge in [-0.3, -0.25) is 0 Å². The number of hydrogen-bond donors (Lipinski definition) is 2. The van der Waals surface area contributed by atoms with Gasteiger partial charge in [0.25, 0.3) is 0 Å². The molecule has 3 N–H and O–H groups in total. The third-order valence-electron chi connectivity index (χ3n) is 3.76. The van der Waals surface area contributed by atoms with Gasteiger partial charge in [-0.05, 0) is 56.3 Å². The minimum absolute atomic E-state index is 0.446. The van der Waals surface area contributed by atoms with Crippen molar-refractivity contribution < 1.29 is 0 Å². The molecular formula is C14H22N2. The molecule has 0 atom stereocenters. The molecule has 0 aromatic heterocycles. The Kier molecular flexibility index (Phi) is 3.97. The van der Waals surface area contributed by atoms with Gasteiger partial charge >= 0.3 is 0 Å². The highest BCUT2D eigenvalue weighted by Gasteiger charge is 2.31. The summed E-state index contributed by atoms with van der Waals surface area (Å²) in [5.74, 6) is 0. The summed E-state index contributed by atoms with van der Waals surface area (Å²) in [6, 6.07) is 10.8. The van der Waals surface area contributed by atoms with Gasteiger partial charge in [0.05, 0.1) is 0 Å². The van der Waals surface area contributed by atoms with Crippen molar-refractivity contribution in [2.24, 2.45) is 11.1 Å². The van der Waals surface area contributed by atoms with Crippen LogP contribution in [0.2, 0.25) is 0 Å². The molecule has 0 aliphatic carbocycles. The predicted octanol–water partition coefficient (Wildman–Crippen LogP) is 1.95. The number of nitrogens with two attached hydrogens (primary N) is 1. The summed E-state index contributed by atoms with van der Waals surface area (Å²) in [6.45, 7) is 3.10. The zero-order valence-electron chi connectivity index (χ0n) is 9.91. The normalized spacial score (nSPS) is 19.6. The molecule has 2 nitrogen and oxygen atoms in total. The van der Waals surface area contributed by atoms with E-state index in [1.165, 1.54) is 24.8 Å². The molecule has 88 valence electrons. The van der Waals surface area contributed by atoms with Crippen molar-refractivity contribution in [3.8, 4) is 0 Å². The van der Waals surface area contributed by atoms with Crippen LogP contribution in [-0.4, -0.2) is 19.6 Å². The van der Waals surface area contributed by atoms with E-state index >= 15 is 0 Å². The van der Waals surface area contributed by atoms with Crippen molar-refractivity contribution in [3.05, 3.63) is 35.9 Å². The first-order valence-electron chi connectivity index (χ1n) is 6.29. The molecule has 1 saturated heterocycles. The van der Waals surface area contributed by atoms with Crippen LogP contribution in [0, 0.1) is 5.41 Å². The second-order valence-electron chi connectivity index (χ2n) is 4.95. The fraction of sp³-hybridized carbons (Fsp3) is 0.571. The number of nitrogens with one attached hydrogen (secondary N) is 1. The van der Waals surface area contributed by atoms with Gasteiger partial charge in [0, 0.05) is 0 Å². The van der Waals surface area contributed by atoms with Gasteiger partial charge < -0.3 is 11.1 Å². The van der Waals surface area contributed by atoms with Gasteiger partial charge in [0.2, 0.25) is 0 Å². The molecule has 2 heteroatoms. The summed E-state index contributed by atoms with van der Waals surface area (Å²) in [7, 11) is 0. The van der Waals surface area contributed by atoms with Crippen LogP contribution < -0.4 is 11.1 Å². The van der Waals surface area contributed by atoms with Gasteiger partial charge in [-0.1, -0.05) is 30.3 Å². The van der Waals surface area contributed by atoms with Crippen LogP contribution in [0.25, 0.3) is 0 Å². The Labute approximate surface area is 98.2 Å². The summed E-state index contributed by atoms with van der Waals surface area (Å²) < 4.78 is 0. The molecule has 0 unspecified atom stereocenters. The molecule has 1 fully saturated rings. The van der Waals surface area contributed by atoms with Gasteiger partial charge in [-0.15, -0.1) is 0 Å². The van der Waals surface area contributed by atoms with Crippen molar-refractivity contribution in [1.29, 1.82) is 0 Å². The quantitative estimate of drug-likeness (QED) is 0.810. The third kappa shape index (κ3) is 2.83. The summed E-state index contributed by atoms with van der Waals surface area (Å²) in [5.41, 5.74) is 7.68. The molecular weight excluding hydrogens is 196 g/mol. The molecule has 1 aromatic rings. The van der Waals surface area contributed by atoms with Crippen LogP contribution in [0.1, 0.15) is 24.8 Å². The predicted molar refractivity (Wildman–Crippen MR) is 68.4 cm³/mol. The second kappa shape index (κ2) is 5.46. The Morgan fingerprint density at radius 2 is 1.81 bits per heavy atom. The molecule has 1 aliphatic rings. The van der Waals surface area contributed by atoms with E-state index in [-0.39, 0.29) is 0 Å². The topological polar surface area (TPSA) is 38.0 Å². The smallest absolute Gasteiger partial charge is 0.00435 e. The average Bonchev–Trinajstić information content (AvgIpc) is 2.31. The van der Waals surface area contributed by atoms with Crippen LogP contribution in [-0.2, 0) is 6.42 Å². The fourth-order valence-electron chi connectivity index (χ4n) is 2.81. The van der Waals surface area contributed by atoms with E-state index in [1.807, 2.05) is 0 Å². The second-order valence-corrected chi connectivity index (χ2v) is 4.95. The molecule has 0 spiro atoms. The minimum atomic E-state index is 0.446. The summed E-state index contributed by atoms with van der Waals surface area (Å²) in [6.07, 6.45) is 4.87. The maximum atomic E-state index is 5.78. The molecule has 1 heterocycles. The Balaban J connectivity index is 2.07. The van der Waals surface area contributed by atoms with Crippen LogP contribution >= 0.6 is 0 Å². The Morgan fingerprint density at radius 1 is 1.12 bits per heavy atom. The maximum absolute atomic E-state index is 5.78. The largest absolute Gasteiger partial charge is 0.330 e. The summed E-state index contributed by atoms with van der Waals surface area (Å²) in [5, 5.41) is 3.44. The molecule has 2 rings (SSSR count). The first-order chi connectivity index (χ1) is 7.85. The Hall–Kier alpha value is -0.860. The number of piperidine rings is 1. The molecule has 0 radical (unpaired) electrons. The first kappa shape index (κ1) is 11.6. The van der Waals surface area contributed by atoms with Crippen LogP contribution in [0.15, 0.2) is 30.3 Å². The minimum Gasteiger partial charge on any atom is -0.330 e.